The summed E-state index contributed by atoms with van der Waals surface area (Å²) in [5.74, 6) is 0. The van der Waals surface area contributed by atoms with E-state index in [9.17, 15) is 0 Å². The highest BCUT2D eigenvalue weighted by Gasteiger charge is 2.38. The Labute approximate surface area is 113 Å². The lowest BCUT2D eigenvalue weighted by Gasteiger charge is -2.28. The van der Waals surface area contributed by atoms with E-state index >= 15 is 0 Å². The summed E-state index contributed by atoms with van der Waals surface area (Å²) in [6.45, 7) is 1.72. The third-order valence-corrected chi connectivity index (χ3v) is 5.59. The predicted octanol–water partition coefficient (Wildman–Crippen LogP) is 2.64. The minimum Gasteiger partial charge on any atom is -0.383 e. The van der Waals surface area contributed by atoms with Crippen LogP contribution >= 0.6 is 11.3 Å². The molecule has 3 nitrogen and oxygen atoms in total. The van der Waals surface area contributed by atoms with Gasteiger partial charge in [0.05, 0.1) is 17.8 Å². The molecule has 0 radical (unpaired) electrons. The second-order valence-electron chi connectivity index (χ2n) is 5.45. The minimum atomic E-state index is 0.160. The number of rotatable bonds is 5. The van der Waals surface area contributed by atoms with E-state index in [-0.39, 0.29) is 5.54 Å². The smallest absolute Gasteiger partial charge is 0.113 e. The van der Waals surface area contributed by atoms with E-state index in [1.54, 1.807) is 12.0 Å². The van der Waals surface area contributed by atoms with Gasteiger partial charge >= 0.3 is 0 Å². The molecular formula is C14H22N2OS. The highest BCUT2D eigenvalue weighted by Crippen LogP contribution is 2.42. The van der Waals surface area contributed by atoms with Crippen molar-refractivity contribution < 1.29 is 4.74 Å². The molecule has 2 aliphatic carbocycles. The van der Waals surface area contributed by atoms with Crippen molar-refractivity contribution in [3.63, 3.8) is 0 Å². The van der Waals surface area contributed by atoms with Crippen molar-refractivity contribution in [3.05, 3.63) is 15.6 Å². The Hall–Kier alpha value is -0.450. The van der Waals surface area contributed by atoms with Crippen LogP contribution in [0.1, 0.15) is 47.7 Å². The summed E-state index contributed by atoms with van der Waals surface area (Å²) in [6, 6.07) is 0. The summed E-state index contributed by atoms with van der Waals surface area (Å²) in [6.07, 6.45) is 8.88. The summed E-state index contributed by atoms with van der Waals surface area (Å²) in [4.78, 5) is 6.49. The molecule has 0 atom stereocenters. The monoisotopic (exact) mass is 266 g/mol. The molecule has 1 fully saturated rings. The number of aromatic nitrogens is 1. The Morgan fingerprint density at radius 2 is 2.11 bits per heavy atom. The molecule has 4 heteroatoms. The second-order valence-corrected chi connectivity index (χ2v) is 6.53. The Balaban J connectivity index is 1.79. The molecule has 0 spiro atoms. The molecule has 1 heterocycles. The fraction of sp³-hybridized carbons (Fsp3) is 0.786. The molecule has 1 aromatic rings. The van der Waals surface area contributed by atoms with E-state index in [2.05, 4.69) is 5.32 Å². The Bertz CT molecular complexity index is 388. The fourth-order valence-electron chi connectivity index (χ4n) is 3.23. The molecule has 0 saturated heterocycles. The zero-order chi connectivity index (χ0) is 12.4. The van der Waals surface area contributed by atoms with E-state index in [1.807, 2.05) is 11.3 Å². The van der Waals surface area contributed by atoms with Gasteiger partial charge in [-0.15, -0.1) is 11.3 Å². The van der Waals surface area contributed by atoms with Crippen LogP contribution in [0.4, 0.5) is 0 Å². The molecule has 0 aromatic carbocycles. The van der Waals surface area contributed by atoms with Crippen molar-refractivity contribution in [2.45, 2.75) is 50.5 Å². The lowest BCUT2D eigenvalue weighted by atomic mass is 9.98. The maximum absolute atomic E-state index is 5.16. The van der Waals surface area contributed by atoms with Crippen LogP contribution in [0.5, 0.6) is 0 Å². The molecule has 3 rings (SSSR count). The first-order chi connectivity index (χ1) is 8.84. The largest absolute Gasteiger partial charge is 0.383 e. The van der Waals surface area contributed by atoms with E-state index in [4.69, 9.17) is 9.72 Å². The van der Waals surface area contributed by atoms with Crippen LogP contribution in [0.25, 0.3) is 0 Å². The highest BCUT2D eigenvalue weighted by atomic mass is 32.1. The van der Waals surface area contributed by atoms with Crippen molar-refractivity contribution in [2.75, 3.05) is 20.3 Å². The maximum atomic E-state index is 5.16. The third-order valence-electron chi connectivity index (χ3n) is 4.23. The van der Waals surface area contributed by atoms with Crippen LogP contribution in [0.3, 0.4) is 0 Å². The number of aryl methyl sites for hydroxylation is 2. The molecule has 2 aliphatic rings. The Morgan fingerprint density at radius 1 is 1.28 bits per heavy atom. The average Bonchev–Trinajstić information content (AvgIpc) is 3.03. The number of hydrogen-bond donors (Lipinski definition) is 1. The Kier molecular flexibility index (Phi) is 3.68. The van der Waals surface area contributed by atoms with E-state index in [1.165, 1.54) is 55.6 Å². The standard InChI is InChI=1S/C14H22N2OS/c1-17-10-9-15-14(7-2-3-8-14)13-16-11-5-4-6-12(11)18-13/h15H,2-10H2,1H3. The summed E-state index contributed by atoms with van der Waals surface area (Å²) < 4.78 is 5.16. The molecule has 1 N–H and O–H groups in total. The van der Waals surface area contributed by atoms with Crippen LogP contribution in [0.2, 0.25) is 0 Å². The van der Waals surface area contributed by atoms with Crippen LogP contribution in [0, 0.1) is 0 Å². The van der Waals surface area contributed by atoms with Gasteiger partial charge in [0.25, 0.3) is 0 Å². The number of nitrogens with zero attached hydrogens (tertiary/aromatic N) is 1. The minimum absolute atomic E-state index is 0.160. The zero-order valence-electron chi connectivity index (χ0n) is 11.1. The molecule has 0 aliphatic heterocycles. The van der Waals surface area contributed by atoms with Gasteiger partial charge in [0, 0.05) is 18.5 Å². The van der Waals surface area contributed by atoms with Crippen molar-refractivity contribution in [1.82, 2.24) is 10.3 Å². The number of fused-ring (bicyclic) bond motifs is 1. The molecule has 0 unspecified atom stereocenters. The molecule has 0 bridgehead atoms. The lowest BCUT2D eigenvalue weighted by molar-refractivity contribution is 0.183. The summed E-state index contributed by atoms with van der Waals surface area (Å²) >= 11 is 1.96. The predicted molar refractivity (Wildman–Crippen MR) is 74.2 cm³/mol. The van der Waals surface area contributed by atoms with Gasteiger partial charge in [0.2, 0.25) is 0 Å². The number of thiazole rings is 1. The van der Waals surface area contributed by atoms with Crippen LogP contribution in [-0.4, -0.2) is 25.2 Å². The molecule has 1 saturated carbocycles. The summed E-state index contributed by atoms with van der Waals surface area (Å²) in [7, 11) is 1.76. The quantitative estimate of drug-likeness (QED) is 0.832. The van der Waals surface area contributed by atoms with Gasteiger partial charge < -0.3 is 10.1 Å². The molecule has 1 aromatic heterocycles. The third kappa shape index (κ3) is 2.22. The normalized spacial score (nSPS) is 21.4. The molecule has 0 amide bonds. The highest BCUT2D eigenvalue weighted by molar-refractivity contribution is 7.12. The summed E-state index contributed by atoms with van der Waals surface area (Å²) in [5.41, 5.74) is 1.54. The van der Waals surface area contributed by atoms with Gasteiger partial charge in [0.15, 0.2) is 0 Å². The molecule has 18 heavy (non-hydrogen) atoms. The summed E-state index contributed by atoms with van der Waals surface area (Å²) in [5, 5.41) is 5.07. The molecular weight excluding hydrogens is 244 g/mol. The van der Waals surface area contributed by atoms with E-state index in [0.717, 1.165) is 13.2 Å². The van der Waals surface area contributed by atoms with Gasteiger partial charge in [-0.05, 0) is 32.1 Å². The van der Waals surface area contributed by atoms with Crippen molar-refractivity contribution in [2.24, 2.45) is 0 Å². The maximum Gasteiger partial charge on any atom is 0.113 e. The molecule has 100 valence electrons. The van der Waals surface area contributed by atoms with Crippen molar-refractivity contribution >= 4 is 11.3 Å². The number of ether oxygens (including phenoxy) is 1. The van der Waals surface area contributed by atoms with Gasteiger partial charge in [0.1, 0.15) is 5.01 Å². The topological polar surface area (TPSA) is 34.1 Å². The van der Waals surface area contributed by atoms with Crippen LogP contribution in [0.15, 0.2) is 0 Å². The van der Waals surface area contributed by atoms with E-state index in [0.29, 0.717) is 0 Å². The van der Waals surface area contributed by atoms with E-state index < -0.39 is 0 Å². The average molecular weight is 266 g/mol. The SMILES string of the molecule is COCCNC1(c2nc3c(s2)CCC3)CCCC1. The first-order valence-electron chi connectivity index (χ1n) is 7.07. The van der Waals surface area contributed by atoms with Crippen LogP contribution < -0.4 is 5.32 Å². The van der Waals surface area contributed by atoms with Crippen molar-refractivity contribution in [1.29, 1.82) is 0 Å². The number of hydrogen-bond acceptors (Lipinski definition) is 4. The van der Waals surface area contributed by atoms with Gasteiger partial charge in [-0.1, -0.05) is 12.8 Å². The zero-order valence-corrected chi connectivity index (χ0v) is 11.9. The van der Waals surface area contributed by atoms with Crippen LogP contribution in [-0.2, 0) is 23.1 Å². The number of methoxy groups -OCH3 is 1. The van der Waals surface area contributed by atoms with Crippen molar-refractivity contribution in [3.8, 4) is 0 Å². The second kappa shape index (κ2) is 5.27. The fourth-order valence-corrected chi connectivity index (χ4v) is 4.61. The first kappa shape index (κ1) is 12.6. The first-order valence-corrected chi connectivity index (χ1v) is 7.89. The van der Waals surface area contributed by atoms with Gasteiger partial charge in [-0.2, -0.15) is 0 Å². The van der Waals surface area contributed by atoms with Gasteiger partial charge in [-0.25, -0.2) is 4.98 Å². The Morgan fingerprint density at radius 3 is 2.83 bits per heavy atom. The lowest BCUT2D eigenvalue weighted by Crippen LogP contribution is -2.41. The van der Waals surface area contributed by atoms with Gasteiger partial charge in [-0.3, -0.25) is 0 Å². The number of nitrogens with one attached hydrogen (secondary N) is 1.